The Morgan fingerprint density at radius 3 is 2.64 bits per heavy atom. The third kappa shape index (κ3) is 4.57. The summed E-state index contributed by atoms with van der Waals surface area (Å²) in [4.78, 5) is 0. The van der Waals surface area contributed by atoms with Gasteiger partial charge in [0.2, 0.25) is 0 Å². The van der Waals surface area contributed by atoms with Crippen LogP contribution in [0.1, 0.15) is 42.7 Å². The van der Waals surface area contributed by atoms with Gasteiger partial charge >= 0.3 is 0 Å². The Kier molecular flexibility index (Phi) is 6.41. The maximum absolute atomic E-state index is 6.41. The SMILES string of the molecule is CCCCOc1cc(/C=C(\Cl)c2nnc(-c3cc(C)oc3C)o2)ccc1OC. The molecule has 1 aromatic carbocycles. The third-order valence-electron chi connectivity index (χ3n) is 4.14. The standard InChI is InChI=1S/C21H23ClN2O4/c1-5-6-9-26-19-12-15(7-8-18(19)25-4)11-17(22)21-24-23-20(28-21)16-10-13(2)27-14(16)3/h7-8,10-12H,5-6,9H2,1-4H3/b17-11-. The number of halogens is 1. The monoisotopic (exact) mass is 402 g/mol. The van der Waals surface area contributed by atoms with Gasteiger partial charge in [-0.1, -0.05) is 31.0 Å². The molecule has 0 spiro atoms. The first-order chi connectivity index (χ1) is 13.5. The van der Waals surface area contributed by atoms with Crippen molar-refractivity contribution in [3.8, 4) is 23.0 Å². The van der Waals surface area contributed by atoms with E-state index >= 15 is 0 Å². The zero-order valence-electron chi connectivity index (χ0n) is 16.4. The molecule has 0 amide bonds. The largest absolute Gasteiger partial charge is 0.493 e. The van der Waals surface area contributed by atoms with E-state index in [4.69, 9.17) is 29.9 Å². The van der Waals surface area contributed by atoms with Crippen LogP contribution in [0.4, 0.5) is 0 Å². The van der Waals surface area contributed by atoms with Crippen molar-refractivity contribution in [3.63, 3.8) is 0 Å². The van der Waals surface area contributed by atoms with Gasteiger partial charge in [0.05, 0.1) is 19.3 Å². The molecule has 0 aliphatic heterocycles. The van der Waals surface area contributed by atoms with Crippen molar-refractivity contribution in [2.75, 3.05) is 13.7 Å². The molecule has 0 saturated heterocycles. The van der Waals surface area contributed by atoms with Crippen molar-refractivity contribution in [2.24, 2.45) is 0 Å². The van der Waals surface area contributed by atoms with Crippen molar-refractivity contribution in [1.29, 1.82) is 0 Å². The van der Waals surface area contributed by atoms with E-state index < -0.39 is 0 Å². The fraction of sp³-hybridized carbons (Fsp3) is 0.333. The molecule has 3 aromatic rings. The molecule has 6 nitrogen and oxygen atoms in total. The van der Waals surface area contributed by atoms with Gasteiger partial charge in [0, 0.05) is 0 Å². The fourth-order valence-electron chi connectivity index (χ4n) is 2.70. The second-order valence-electron chi connectivity index (χ2n) is 6.34. The second-order valence-corrected chi connectivity index (χ2v) is 6.75. The van der Waals surface area contributed by atoms with E-state index in [-0.39, 0.29) is 5.89 Å². The van der Waals surface area contributed by atoms with Crippen LogP contribution in [0.25, 0.3) is 22.6 Å². The van der Waals surface area contributed by atoms with Gasteiger partial charge in [-0.15, -0.1) is 10.2 Å². The number of aryl methyl sites for hydroxylation is 2. The van der Waals surface area contributed by atoms with E-state index in [2.05, 4.69) is 17.1 Å². The van der Waals surface area contributed by atoms with E-state index in [1.165, 1.54) is 0 Å². The molecule has 148 valence electrons. The first kappa shape index (κ1) is 20.0. The molecule has 0 unspecified atom stereocenters. The minimum absolute atomic E-state index is 0.235. The number of benzene rings is 1. The van der Waals surface area contributed by atoms with Crippen LogP contribution in [0.2, 0.25) is 0 Å². The highest BCUT2D eigenvalue weighted by atomic mass is 35.5. The van der Waals surface area contributed by atoms with E-state index in [0.717, 1.165) is 35.5 Å². The summed E-state index contributed by atoms with van der Waals surface area (Å²) >= 11 is 6.41. The van der Waals surface area contributed by atoms with E-state index in [0.29, 0.717) is 29.0 Å². The smallest absolute Gasteiger partial charge is 0.259 e. The van der Waals surface area contributed by atoms with Gasteiger partial charge in [0.15, 0.2) is 11.5 Å². The van der Waals surface area contributed by atoms with Crippen LogP contribution < -0.4 is 9.47 Å². The first-order valence-corrected chi connectivity index (χ1v) is 9.49. The van der Waals surface area contributed by atoms with Crippen molar-refractivity contribution < 1.29 is 18.3 Å². The number of methoxy groups -OCH3 is 1. The zero-order valence-corrected chi connectivity index (χ0v) is 17.2. The molecule has 0 aliphatic rings. The highest BCUT2D eigenvalue weighted by Gasteiger charge is 2.16. The Bertz CT molecular complexity index is 975. The summed E-state index contributed by atoms with van der Waals surface area (Å²) in [6, 6.07) is 7.45. The summed E-state index contributed by atoms with van der Waals surface area (Å²) < 4.78 is 22.4. The first-order valence-electron chi connectivity index (χ1n) is 9.11. The Hall–Kier alpha value is -2.73. The number of hydrogen-bond acceptors (Lipinski definition) is 6. The maximum Gasteiger partial charge on any atom is 0.259 e. The van der Waals surface area contributed by atoms with Crippen LogP contribution in [0, 0.1) is 13.8 Å². The summed E-state index contributed by atoms with van der Waals surface area (Å²) in [6.07, 6.45) is 3.78. The molecular weight excluding hydrogens is 380 g/mol. The molecule has 0 atom stereocenters. The highest BCUT2D eigenvalue weighted by Crippen LogP contribution is 2.32. The average Bonchev–Trinajstić information content (AvgIpc) is 3.28. The van der Waals surface area contributed by atoms with Gasteiger partial charge in [-0.05, 0) is 50.1 Å². The van der Waals surface area contributed by atoms with Gasteiger partial charge in [-0.3, -0.25) is 0 Å². The van der Waals surface area contributed by atoms with E-state index in [1.807, 2.05) is 38.1 Å². The van der Waals surface area contributed by atoms with Gasteiger partial charge in [0.1, 0.15) is 16.6 Å². The number of nitrogens with zero attached hydrogens (tertiary/aromatic N) is 2. The molecule has 7 heteroatoms. The topological polar surface area (TPSA) is 70.5 Å². The van der Waals surface area contributed by atoms with E-state index in [9.17, 15) is 0 Å². The van der Waals surface area contributed by atoms with Gasteiger partial charge in [0.25, 0.3) is 11.8 Å². The molecule has 0 bridgehead atoms. The summed E-state index contributed by atoms with van der Waals surface area (Å²) in [5, 5.41) is 8.45. The van der Waals surface area contributed by atoms with Crippen molar-refractivity contribution in [1.82, 2.24) is 10.2 Å². The highest BCUT2D eigenvalue weighted by molar-refractivity contribution is 6.50. The molecule has 0 aliphatic carbocycles. The predicted molar refractivity (Wildman–Crippen MR) is 109 cm³/mol. The Morgan fingerprint density at radius 2 is 1.96 bits per heavy atom. The zero-order chi connectivity index (χ0) is 20.1. The number of hydrogen-bond donors (Lipinski definition) is 0. The van der Waals surface area contributed by atoms with Crippen LogP contribution in [0.3, 0.4) is 0 Å². The lowest BCUT2D eigenvalue weighted by molar-refractivity contribution is 0.288. The molecule has 2 heterocycles. The van der Waals surface area contributed by atoms with Crippen LogP contribution in [-0.4, -0.2) is 23.9 Å². The minimum Gasteiger partial charge on any atom is -0.493 e. The number of ether oxygens (including phenoxy) is 2. The van der Waals surface area contributed by atoms with Crippen LogP contribution in [0.5, 0.6) is 11.5 Å². The number of rotatable bonds is 8. The van der Waals surface area contributed by atoms with Crippen LogP contribution in [0.15, 0.2) is 33.1 Å². The summed E-state index contributed by atoms with van der Waals surface area (Å²) in [5.41, 5.74) is 1.60. The number of aromatic nitrogens is 2. The third-order valence-corrected chi connectivity index (χ3v) is 4.41. The Morgan fingerprint density at radius 1 is 1.14 bits per heavy atom. The molecule has 0 saturated carbocycles. The maximum atomic E-state index is 6.41. The van der Waals surface area contributed by atoms with Crippen molar-refractivity contribution in [3.05, 3.63) is 47.2 Å². The second kappa shape index (κ2) is 8.97. The van der Waals surface area contributed by atoms with Crippen LogP contribution >= 0.6 is 11.6 Å². The van der Waals surface area contributed by atoms with Crippen molar-refractivity contribution >= 4 is 22.7 Å². The lowest BCUT2D eigenvalue weighted by Crippen LogP contribution is -1.99. The minimum atomic E-state index is 0.235. The van der Waals surface area contributed by atoms with Crippen LogP contribution in [-0.2, 0) is 0 Å². The molecule has 3 rings (SSSR count). The number of furan rings is 1. The molecule has 2 aromatic heterocycles. The quantitative estimate of drug-likeness (QED) is 0.439. The molecule has 0 N–H and O–H groups in total. The molecule has 28 heavy (non-hydrogen) atoms. The summed E-state index contributed by atoms with van der Waals surface area (Å²) in [5.74, 6) is 3.45. The molecule has 0 fully saturated rings. The van der Waals surface area contributed by atoms with Gasteiger partial charge in [-0.25, -0.2) is 0 Å². The molecular formula is C21H23ClN2O4. The van der Waals surface area contributed by atoms with Crippen molar-refractivity contribution in [2.45, 2.75) is 33.6 Å². The van der Waals surface area contributed by atoms with Gasteiger partial charge < -0.3 is 18.3 Å². The van der Waals surface area contributed by atoms with Gasteiger partial charge in [-0.2, -0.15) is 0 Å². The normalized spacial score (nSPS) is 11.7. The summed E-state index contributed by atoms with van der Waals surface area (Å²) in [7, 11) is 1.62. The Balaban J connectivity index is 1.83. The summed E-state index contributed by atoms with van der Waals surface area (Å²) in [6.45, 7) is 6.46. The fourth-order valence-corrected chi connectivity index (χ4v) is 2.90. The Labute approximate surface area is 169 Å². The molecule has 0 radical (unpaired) electrons. The van der Waals surface area contributed by atoms with E-state index in [1.54, 1.807) is 13.2 Å². The lowest BCUT2D eigenvalue weighted by atomic mass is 10.2. The number of unbranched alkanes of at least 4 members (excludes halogenated alkanes) is 1. The average molecular weight is 403 g/mol. The predicted octanol–water partition coefficient (Wildman–Crippen LogP) is 5.87. The lowest BCUT2D eigenvalue weighted by Gasteiger charge is -2.11.